The van der Waals surface area contributed by atoms with Crippen LogP contribution < -0.4 is 10.1 Å². The molecule has 0 radical (unpaired) electrons. The number of hydrogen-bond donors (Lipinski definition) is 2. The summed E-state index contributed by atoms with van der Waals surface area (Å²) >= 11 is 0. The molecule has 0 bridgehead atoms. The average Bonchev–Trinajstić information content (AvgIpc) is 3.13. The molecule has 110 valence electrons. The van der Waals surface area contributed by atoms with Crippen molar-refractivity contribution < 1.29 is 15.2 Å². The summed E-state index contributed by atoms with van der Waals surface area (Å²) in [7, 11) is 0. The summed E-state index contributed by atoms with van der Waals surface area (Å²) in [4.78, 5) is 0. The Balaban J connectivity index is 1.41. The fourth-order valence-electron chi connectivity index (χ4n) is 3.44. The fourth-order valence-corrected chi connectivity index (χ4v) is 3.44. The monoisotopic (exact) mass is 276 g/mol. The quantitative estimate of drug-likeness (QED) is 0.825. The van der Waals surface area contributed by atoms with Crippen molar-refractivity contribution in [2.24, 2.45) is 0 Å². The highest BCUT2D eigenvalue weighted by atomic mass is 16.5. The van der Waals surface area contributed by atoms with E-state index in [-0.39, 0.29) is 6.10 Å². The van der Waals surface area contributed by atoms with Gasteiger partial charge in [-0.25, -0.2) is 0 Å². The lowest BCUT2D eigenvalue weighted by atomic mass is 10.1. The van der Waals surface area contributed by atoms with Crippen molar-refractivity contribution in [2.45, 2.75) is 57.1 Å². The van der Waals surface area contributed by atoms with Crippen LogP contribution in [0.1, 0.15) is 43.2 Å². The summed E-state index contributed by atoms with van der Waals surface area (Å²) in [5.74, 6) is 0.908. The number of aliphatic hydroxyl groups excluding tert-OH is 1. The third kappa shape index (κ3) is 3.53. The number of aryl methyl sites for hydroxylation is 2. The van der Waals surface area contributed by atoms with Gasteiger partial charge in [0.05, 0.1) is 6.04 Å². The molecule has 0 heterocycles. The Morgan fingerprint density at radius 3 is 2.80 bits per heavy atom. The summed E-state index contributed by atoms with van der Waals surface area (Å²) in [6.45, 7) is 1.16. The Kier molecular flexibility index (Phi) is 4.58. The minimum absolute atomic E-state index is 0.371. The highest BCUT2D eigenvalue weighted by Gasteiger charge is 2.19. The van der Waals surface area contributed by atoms with E-state index < -0.39 is 0 Å². The molecule has 2 aliphatic rings. The fraction of sp³-hybridized carbons (Fsp3) is 0.647. The number of benzene rings is 1. The van der Waals surface area contributed by atoms with E-state index in [1.165, 1.54) is 56.1 Å². The highest BCUT2D eigenvalue weighted by Crippen LogP contribution is 2.26. The number of nitrogens with two attached hydrogens (primary N) is 1. The van der Waals surface area contributed by atoms with Crippen LogP contribution >= 0.6 is 0 Å². The van der Waals surface area contributed by atoms with Gasteiger partial charge in [-0.1, -0.05) is 6.07 Å². The van der Waals surface area contributed by atoms with E-state index in [9.17, 15) is 5.11 Å². The van der Waals surface area contributed by atoms with Gasteiger partial charge in [-0.2, -0.15) is 0 Å². The third-order valence-corrected chi connectivity index (χ3v) is 4.65. The average molecular weight is 276 g/mol. The molecule has 0 saturated heterocycles. The number of quaternary nitrogens is 1. The van der Waals surface area contributed by atoms with Crippen LogP contribution in [0, 0.1) is 0 Å². The summed E-state index contributed by atoms with van der Waals surface area (Å²) in [6, 6.07) is 7.09. The predicted molar refractivity (Wildman–Crippen MR) is 79.0 cm³/mol. The van der Waals surface area contributed by atoms with Gasteiger partial charge in [-0.15, -0.1) is 0 Å². The molecule has 3 N–H and O–H groups in total. The number of aliphatic hydroxyl groups is 1. The Bertz CT molecular complexity index is 441. The third-order valence-electron chi connectivity index (χ3n) is 4.65. The maximum absolute atomic E-state index is 10.0. The van der Waals surface area contributed by atoms with Gasteiger partial charge in [0.25, 0.3) is 0 Å². The summed E-state index contributed by atoms with van der Waals surface area (Å²) in [5.41, 5.74) is 2.89. The van der Waals surface area contributed by atoms with E-state index in [0.29, 0.717) is 6.61 Å². The zero-order valence-electron chi connectivity index (χ0n) is 12.2. The van der Waals surface area contributed by atoms with Crippen molar-refractivity contribution in [3.05, 3.63) is 29.3 Å². The van der Waals surface area contributed by atoms with Gasteiger partial charge in [0.2, 0.25) is 0 Å². The number of hydrogen-bond acceptors (Lipinski definition) is 2. The van der Waals surface area contributed by atoms with Crippen molar-refractivity contribution in [3.63, 3.8) is 0 Å². The molecule has 0 aromatic heterocycles. The first kappa shape index (κ1) is 13.9. The number of ether oxygens (including phenoxy) is 1. The van der Waals surface area contributed by atoms with E-state index in [1.54, 1.807) is 0 Å². The first-order chi connectivity index (χ1) is 9.81. The van der Waals surface area contributed by atoms with Crippen LogP contribution in [-0.4, -0.2) is 30.4 Å². The lowest BCUT2D eigenvalue weighted by Crippen LogP contribution is -2.91. The van der Waals surface area contributed by atoms with Crippen LogP contribution in [0.4, 0.5) is 0 Å². The van der Waals surface area contributed by atoms with E-state index in [1.807, 2.05) is 6.07 Å². The van der Waals surface area contributed by atoms with Crippen molar-refractivity contribution in [2.75, 3.05) is 13.2 Å². The molecule has 0 spiro atoms. The van der Waals surface area contributed by atoms with Gasteiger partial charge in [-0.3, -0.25) is 0 Å². The van der Waals surface area contributed by atoms with E-state index in [0.717, 1.165) is 18.3 Å². The van der Waals surface area contributed by atoms with Crippen molar-refractivity contribution in [3.8, 4) is 5.75 Å². The zero-order valence-corrected chi connectivity index (χ0v) is 12.2. The predicted octanol–water partition coefficient (Wildman–Crippen LogP) is 1.42. The molecule has 3 rings (SSSR count). The SMILES string of the molecule is O[C@@H](C[NH2+]C1CCCC1)COc1ccc2c(c1)CCC2. The molecule has 3 nitrogen and oxygen atoms in total. The number of fused-ring (bicyclic) bond motifs is 1. The maximum atomic E-state index is 10.0. The lowest BCUT2D eigenvalue weighted by molar-refractivity contribution is -0.693. The van der Waals surface area contributed by atoms with Gasteiger partial charge in [0.1, 0.15) is 25.0 Å². The van der Waals surface area contributed by atoms with Crippen molar-refractivity contribution in [1.29, 1.82) is 0 Å². The van der Waals surface area contributed by atoms with Crippen LogP contribution in [-0.2, 0) is 12.8 Å². The standard InChI is InChI=1S/C17H25NO2/c19-16(11-18-15-6-1-2-7-15)12-20-17-9-8-13-4-3-5-14(13)10-17/h8-10,15-16,18-19H,1-7,11-12H2/p+1/t16-/m0/s1. The molecule has 3 heteroatoms. The Morgan fingerprint density at radius 2 is 1.95 bits per heavy atom. The molecule has 20 heavy (non-hydrogen) atoms. The molecule has 2 aliphatic carbocycles. The molecule has 0 aliphatic heterocycles. The maximum Gasteiger partial charge on any atom is 0.137 e. The Morgan fingerprint density at radius 1 is 1.15 bits per heavy atom. The minimum atomic E-state index is -0.371. The highest BCUT2D eigenvalue weighted by molar-refractivity contribution is 5.38. The number of rotatable bonds is 6. The second-order valence-electron chi connectivity index (χ2n) is 6.26. The van der Waals surface area contributed by atoms with Crippen molar-refractivity contribution in [1.82, 2.24) is 0 Å². The molecular weight excluding hydrogens is 250 g/mol. The molecule has 0 unspecified atom stereocenters. The van der Waals surface area contributed by atoms with E-state index >= 15 is 0 Å². The molecule has 1 aromatic carbocycles. The summed E-state index contributed by atoms with van der Waals surface area (Å²) in [6.07, 6.45) is 8.57. The van der Waals surface area contributed by atoms with E-state index in [2.05, 4.69) is 17.4 Å². The topological polar surface area (TPSA) is 46.1 Å². The minimum Gasteiger partial charge on any atom is -0.491 e. The normalized spacial score (nSPS) is 20.1. The second-order valence-corrected chi connectivity index (χ2v) is 6.26. The summed E-state index contributed by atoms with van der Waals surface area (Å²) in [5, 5.41) is 12.3. The lowest BCUT2D eigenvalue weighted by Gasteiger charge is -2.14. The molecule has 0 amide bonds. The van der Waals surface area contributed by atoms with Gasteiger partial charge in [-0.05, 0) is 68.2 Å². The van der Waals surface area contributed by atoms with Gasteiger partial charge in [0, 0.05) is 0 Å². The molecule has 1 fully saturated rings. The van der Waals surface area contributed by atoms with E-state index in [4.69, 9.17) is 4.74 Å². The first-order valence-corrected chi connectivity index (χ1v) is 8.07. The smallest absolute Gasteiger partial charge is 0.137 e. The Labute approximate surface area is 121 Å². The van der Waals surface area contributed by atoms with Gasteiger partial charge >= 0.3 is 0 Å². The first-order valence-electron chi connectivity index (χ1n) is 8.07. The second kappa shape index (κ2) is 6.59. The largest absolute Gasteiger partial charge is 0.491 e. The van der Waals surface area contributed by atoms with Gasteiger partial charge < -0.3 is 15.2 Å². The summed E-state index contributed by atoms with van der Waals surface area (Å²) < 4.78 is 5.74. The Hall–Kier alpha value is -1.06. The van der Waals surface area contributed by atoms with Crippen LogP contribution in [0.2, 0.25) is 0 Å². The van der Waals surface area contributed by atoms with Crippen LogP contribution in [0.15, 0.2) is 18.2 Å². The van der Waals surface area contributed by atoms with Crippen LogP contribution in [0.25, 0.3) is 0 Å². The molecule has 1 aromatic rings. The van der Waals surface area contributed by atoms with Crippen LogP contribution in [0.5, 0.6) is 5.75 Å². The molecule has 1 atom stereocenters. The molecule has 1 saturated carbocycles. The molecular formula is C17H26NO2+. The zero-order chi connectivity index (χ0) is 13.8. The van der Waals surface area contributed by atoms with Crippen molar-refractivity contribution >= 4 is 0 Å². The van der Waals surface area contributed by atoms with Crippen LogP contribution in [0.3, 0.4) is 0 Å². The van der Waals surface area contributed by atoms with Gasteiger partial charge in [0.15, 0.2) is 0 Å².